The SMILES string of the molecule is Cc1cc(C)c(C(CC2CCS(=O)(=O)C2)NN)c(F)c1. The summed E-state index contributed by atoms with van der Waals surface area (Å²) in [5, 5.41) is 0. The molecule has 0 amide bonds. The van der Waals surface area contributed by atoms with Crippen LogP contribution in [0.25, 0.3) is 0 Å². The third-order valence-electron chi connectivity index (χ3n) is 3.93. The van der Waals surface area contributed by atoms with Crippen LogP contribution in [0.4, 0.5) is 4.39 Å². The molecule has 3 N–H and O–H groups in total. The summed E-state index contributed by atoms with van der Waals surface area (Å²) in [6, 6.07) is 3.04. The van der Waals surface area contributed by atoms with Gasteiger partial charge in [0.15, 0.2) is 9.84 Å². The van der Waals surface area contributed by atoms with Gasteiger partial charge in [-0.05, 0) is 49.8 Å². The van der Waals surface area contributed by atoms with E-state index >= 15 is 0 Å². The Bertz CT molecular complexity index is 578. The van der Waals surface area contributed by atoms with Gasteiger partial charge in [0.1, 0.15) is 5.82 Å². The number of halogens is 1. The number of benzene rings is 1. The predicted octanol–water partition coefficient (Wildman–Crippen LogP) is 1.77. The second kappa shape index (κ2) is 5.79. The zero-order valence-corrected chi connectivity index (χ0v) is 12.6. The van der Waals surface area contributed by atoms with Gasteiger partial charge in [0.05, 0.1) is 11.5 Å². The highest BCUT2D eigenvalue weighted by Gasteiger charge is 2.31. The number of nitrogens with two attached hydrogens (primary N) is 1. The van der Waals surface area contributed by atoms with Crippen molar-refractivity contribution in [3.63, 3.8) is 0 Å². The highest BCUT2D eigenvalue weighted by Crippen LogP contribution is 2.31. The fourth-order valence-corrected chi connectivity index (χ4v) is 4.91. The number of aryl methyl sites for hydroxylation is 2. The molecule has 0 aliphatic carbocycles. The van der Waals surface area contributed by atoms with E-state index < -0.39 is 9.84 Å². The third kappa shape index (κ3) is 3.37. The van der Waals surface area contributed by atoms with E-state index in [0.29, 0.717) is 18.4 Å². The summed E-state index contributed by atoms with van der Waals surface area (Å²) in [5.74, 6) is 5.72. The van der Waals surface area contributed by atoms with Crippen LogP contribution >= 0.6 is 0 Å². The number of hydrogen-bond donors (Lipinski definition) is 2. The lowest BCUT2D eigenvalue weighted by Crippen LogP contribution is -2.31. The Hall–Kier alpha value is -0.980. The van der Waals surface area contributed by atoms with Gasteiger partial charge in [0.25, 0.3) is 0 Å². The van der Waals surface area contributed by atoms with Crippen molar-refractivity contribution in [2.24, 2.45) is 11.8 Å². The van der Waals surface area contributed by atoms with Crippen molar-refractivity contribution in [3.8, 4) is 0 Å². The molecule has 20 heavy (non-hydrogen) atoms. The molecule has 0 radical (unpaired) electrons. The summed E-state index contributed by atoms with van der Waals surface area (Å²) in [6.45, 7) is 3.69. The van der Waals surface area contributed by atoms with E-state index in [1.54, 1.807) is 0 Å². The van der Waals surface area contributed by atoms with Crippen molar-refractivity contribution in [1.29, 1.82) is 0 Å². The van der Waals surface area contributed by atoms with Crippen molar-refractivity contribution in [2.45, 2.75) is 32.7 Å². The monoisotopic (exact) mass is 300 g/mol. The van der Waals surface area contributed by atoms with Gasteiger partial charge in [-0.15, -0.1) is 0 Å². The van der Waals surface area contributed by atoms with Gasteiger partial charge in [-0.2, -0.15) is 0 Å². The smallest absolute Gasteiger partial charge is 0.150 e. The lowest BCUT2D eigenvalue weighted by Gasteiger charge is -2.22. The molecule has 1 saturated heterocycles. The van der Waals surface area contributed by atoms with Gasteiger partial charge in [-0.3, -0.25) is 11.3 Å². The first-order chi connectivity index (χ1) is 9.32. The number of hydrazine groups is 1. The highest BCUT2D eigenvalue weighted by atomic mass is 32.2. The lowest BCUT2D eigenvalue weighted by atomic mass is 9.91. The van der Waals surface area contributed by atoms with Crippen molar-refractivity contribution in [1.82, 2.24) is 5.43 Å². The molecule has 0 bridgehead atoms. The van der Waals surface area contributed by atoms with Crippen molar-refractivity contribution in [2.75, 3.05) is 11.5 Å². The fraction of sp³-hybridized carbons (Fsp3) is 0.571. The molecule has 1 fully saturated rings. The molecule has 1 aromatic carbocycles. The van der Waals surface area contributed by atoms with E-state index in [4.69, 9.17) is 5.84 Å². The molecule has 1 aliphatic heterocycles. The number of sulfone groups is 1. The summed E-state index contributed by atoms with van der Waals surface area (Å²) in [5.41, 5.74) is 4.89. The van der Waals surface area contributed by atoms with Crippen molar-refractivity contribution < 1.29 is 12.8 Å². The average molecular weight is 300 g/mol. The van der Waals surface area contributed by atoms with Gasteiger partial charge in [-0.1, -0.05) is 6.07 Å². The van der Waals surface area contributed by atoms with E-state index in [-0.39, 0.29) is 29.3 Å². The lowest BCUT2D eigenvalue weighted by molar-refractivity contribution is 0.407. The van der Waals surface area contributed by atoms with Gasteiger partial charge in [0, 0.05) is 11.6 Å². The summed E-state index contributed by atoms with van der Waals surface area (Å²) >= 11 is 0. The van der Waals surface area contributed by atoms with E-state index in [0.717, 1.165) is 11.1 Å². The molecule has 0 spiro atoms. The van der Waals surface area contributed by atoms with Gasteiger partial charge in [-0.25, -0.2) is 12.8 Å². The molecule has 6 heteroatoms. The molecular formula is C14H21FN2O2S. The number of rotatable bonds is 4. The Balaban J connectivity index is 2.21. The summed E-state index contributed by atoms with van der Waals surface area (Å²) in [7, 11) is -2.92. The van der Waals surface area contributed by atoms with Crippen LogP contribution in [0.5, 0.6) is 0 Å². The first kappa shape index (κ1) is 15.4. The first-order valence-electron chi connectivity index (χ1n) is 6.75. The topological polar surface area (TPSA) is 72.2 Å². The molecule has 0 aromatic heterocycles. The minimum atomic E-state index is -2.92. The molecule has 4 nitrogen and oxygen atoms in total. The van der Waals surface area contributed by atoms with Gasteiger partial charge in [0.2, 0.25) is 0 Å². The third-order valence-corrected chi connectivity index (χ3v) is 5.76. The largest absolute Gasteiger partial charge is 0.271 e. The Kier molecular flexibility index (Phi) is 4.46. The van der Waals surface area contributed by atoms with Crippen molar-refractivity contribution in [3.05, 3.63) is 34.6 Å². The minimum Gasteiger partial charge on any atom is -0.271 e. The molecule has 1 heterocycles. The van der Waals surface area contributed by atoms with Crippen LogP contribution in [0.15, 0.2) is 12.1 Å². The molecule has 2 atom stereocenters. The van der Waals surface area contributed by atoms with Crippen molar-refractivity contribution >= 4 is 9.84 Å². The van der Waals surface area contributed by atoms with Crippen LogP contribution < -0.4 is 11.3 Å². The van der Waals surface area contributed by atoms with E-state index in [9.17, 15) is 12.8 Å². The molecule has 112 valence electrons. The van der Waals surface area contributed by atoms with Crippen LogP contribution in [-0.2, 0) is 9.84 Å². The zero-order chi connectivity index (χ0) is 14.9. The number of nitrogens with one attached hydrogen (secondary N) is 1. The zero-order valence-electron chi connectivity index (χ0n) is 11.8. The van der Waals surface area contributed by atoms with Gasteiger partial charge >= 0.3 is 0 Å². The summed E-state index contributed by atoms with van der Waals surface area (Å²) in [4.78, 5) is 0. The Morgan fingerprint density at radius 2 is 2.15 bits per heavy atom. The normalized spacial score (nSPS) is 22.9. The van der Waals surface area contributed by atoms with Crippen LogP contribution in [-0.4, -0.2) is 19.9 Å². The minimum absolute atomic E-state index is 0.0427. The van der Waals surface area contributed by atoms with Crippen LogP contribution in [0.2, 0.25) is 0 Å². The van der Waals surface area contributed by atoms with Crippen LogP contribution in [0.1, 0.15) is 35.6 Å². The molecule has 0 saturated carbocycles. The quantitative estimate of drug-likeness (QED) is 0.656. The fourth-order valence-electron chi connectivity index (χ4n) is 3.03. The summed E-state index contributed by atoms with van der Waals surface area (Å²) in [6.07, 6.45) is 1.17. The first-order valence-corrected chi connectivity index (χ1v) is 8.57. The molecule has 2 unspecified atom stereocenters. The van der Waals surface area contributed by atoms with Crippen LogP contribution in [0, 0.1) is 25.6 Å². The van der Waals surface area contributed by atoms with E-state index in [1.165, 1.54) is 6.07 Å². The molecular weight excluding hydrogens is 279 g/mol. The number of hydrogen-bond acceptors (Lipinski definition) is 4. The standard InChI is InChI=1S/C14H21FN2O2S/c1-9-5-10(2)14(12(15)6-9)13(17-16)7-11-3-4-20(18,19)8-11/h5-6,11,13,17H,3-4,7-8,16H2,1-2H3. The Labute approximate surface area is 119 Å². The summed E-state index contributed by atoms with van der Waals surface area (Å²) < 4.78 is 37.2. The molecule has 2 rings (SSSR count). The Morgan fingerprint density at radius 1 is 1.45 bits per heavy atom. The maximum absolute atomic E-state index is 14.2. The second-order valence-electron chi connectivity index (χ2n) is 5.70. The highest BCUT2D eigenvalue weighted by molar-refractivity contribution is 7.91. The van der Waals surface area contributed by atoms with Crippen LogP contribution in [0.3, 0.4) is 0 Å². The maximum Gasteiger partial charge on any atom is 0.150 e. The predicted molar refractivity (Wildman–Crippen MR) is 77.3 cm³/mol. The second-order valence-corrected chi connectivity index (χ2v) is 7.93. The average Bonchev–Trinajstić information content (AvgIpc) is 2.66. The Morgan fingerprint density at radius 3 is 2.65 bits per heavy atom. The maximum atomic E-state index is 14.2. The van der Waals surface area contributed by atoms with Gasteiger partial charge < -0.3 is 0 Å². The molecule has 1 aliphatic rings. The van der Waals surface area contributed by atoms with E-state index in [1.807, 2.05) is 19.9 Å². The van der Waals surface area contributed by atoms with E-state index in [2.05, 4.69) is 5.43 Å². The molecule has 1 aromatic rings.